The lowest BCUT2D eigenvalue weighted by Gasteiger charge is -2.30. The summed E-state index contributed by atoms with van der Waals surface area (Å²) in [5.41, 5.74) is 0. The molecule has 20 heavy (non-hydrogen) atoms. The first-order valence-electron chi connectivity index (χ1n) is 7.29. The summed E-state index contributed by atoms with van der Waals surface area (Å²) in [7, 11) is 0. The van der Waals surface area contributed by atoms with E-state index < -0.39 is 11.9 Å². The molecule has 2 rings (SSSR count). The van der Waals surface area contributed by atoms with E-state index >= 15 is 0 Å². The third-order valence-corrected chi connectivity index (χ3v) is 3.95. The van der Waals surface area contributed by atoms with Crippen LogP contribution in [0.2, 0.25) is 0 Å². The molecule has 0 saturated heterocycles. The second-order valence-corrected chi connectivity index (χ2v) is 5.57. The van der Waals surface area contributed by atoms with Gasteiger partial charge in [0.1, 0.15) is 0 Å². The Bertz CT molecular complexity index is 464. The number of halogens is 1. The maximum absolute atomic E-state index is 13.5. The molecule has 0 radical (unpaired) electrons. The van der Waals surface area contributed by atoms with Gasteiger partial charge in [-0.1, -0.05) is 31.9 Å². The van der Waals surface area contributed by atoms with E-state index in [1.54, 1.807) is 19.1 Å². The number of hydrogen-bond acceptors (Lipinski definition) is 2. The molecule has 1 N–H and O–H groups in total. The molecule has 0 aromatic heterocycles. The lowest BCUT2D eigenvalue weighted by atomic mass is 9.86. The minimum Gasteiger partial charge on any atom is -0.478 e. The average Bonchev–Trinajstić information content (AvgIpc) is 2.43. The van der Waals surface area contributed by atoms with Crippen LogP contribution in [0.4, 0.5) is 4.39 Å². The van der Waals surface area contributed by atoms with Gasteiger partial charge in [0.15, 0.2) is 17.7 Å². The van der Waals surface area contributed by atoms with Crippen molar-refractivity contribution in [2.75, 3.05) is 0 Å². The third kappa shape index (κ3) is 3.71. The molecule has 0 aliphatic heterocycles. The van der Waals surface area contributed by atoms with E-state index in [-0.39, 0.29) is 17.7 Å². The predicted molar refractivity (Wildman–Crippen MR) is 76.1 cm³/mol. The standard InChI is InChI=1S/C16H22FNO2/c1-11-7-3-5-9-14(11)18-16(19)12(2)20-15-10-6-4-8-13(15)17/h4,6,8,10-12,14H,3,5,7,9H2,1-2H3,(H,18,19)/t11-,12+,14+/m0/s1. The van der Waals surface area contributed by atoms with Gasteiger partial charge in [-0.25, -0.2) is 4.39 Å². The number of rotatable bonds is 4. The normalized spacial score (nSPS) is 23.9. The van der Waals surface area contributed by atoms with Crippen LogP contribution >= 0.6 is 0 Å². The van der Waals surface area contributed by atoms with Gasteiger partial charge in [-0.05, 0) is 37.8 Å². The molecule has 1 aliphatic carbocycles. The van der Waals surface area contributed by atoms with E-state index in [4.69, 9.17) is 4.74 Å². The lowest BCUT2D eigenvalue weighted by Crippen LogP contribution is -2.46. The number of carbonyl (C=O) groups excluding carboxylic acids is 1. The van der Waals surface area contributed by atoms with Gasteiger partial charge in [0.25, 0.3) is 5.91 Å². The van der Waals surface area contributed by atoms with E-state index in [9.17, 15) is 9.18 Å². The summed E-state index contributed by atoms with van der Waals surface area (Å²) in [4.78, 5) is 12.1. The van der Waals surface area contributed by atoms with Crippen LogP contribution in [0.1, 0.15) is 39.5 Å². The van der Waals surface area contributed by atoms with E-state index in [1.165, 1.54) is 18.6 Å². The molecule has 110 valence electrons. The molecule has 1 saturated carbocycles. The summed E-state index contributed by atoms with van der Waals surface area (Å²) >= 11 is 0. The molecular weight excluding hydrogens is 257 g/mol. The third-order valence-electron chi connectivity index (χ3n) is 3.95. The van der Waals surface area contributed by atoms with Crippen molar-refractivity contribution in [2.45, 2.75) is 51.7 Å². The Morgan fingerprint density at radius 1 is 1.35 bits per heavy atom. The quantitative estimate of drug-likeness (QED) is 0.918. The van der Waals surface area contributed by atoms with Crippen molar-refractivity contribution in [3.8, 4) is 5.75 Å². The van der Waals surface area contributed by atoms with Crippen molar-refractivity contribution in [3.63, 3.8) is 0 Å². The van der Waals surface area contributed by atoms with Crippen molar-refractivity contribution >= 4 is 5.91 Å². The molecular formula is C16H22FNO2. The van der Waals surface area contributed by atoms with E-state index in [0.717, 1.165) is 19.3 Å². The summed E-state index contributed by atoms with van der Waals surface area (Å²) < 4.78 is 18.9. The van der Waals surface area contributed by atoms with Crippen LogP contribution in [0.15, 0.2) is 24.3 Å². The summed E-state index contributed by atoms with van der Waals surface area (Å²) in [5, 5.41) is 3.02. The predicted octanol–water partition coefficient (Wildman–Crippen LogP) is 3.29. The number of carbonyl (C=O) groups is 1. The highest BCUT2D eigenvalue weighted by molar-refractivity contribution is 5.81. The Morgan fingerprint density at radius 3 is 2.75 bits per heavy atom. The van der Waals surface area contributed by atoms with Crippen molar-refractivity contribution in [1.29, 1.82) is 0 Å². The zero-order valence-corrected chi connectivity index (χ0v) is 12.1. The van der Waals surface area contributed by atoms with Crippen LogP contribution in [-0.4, -0.2) is 18.1 Å². The fourth-order valence-corrected chi connectivity index (χ4v) is 2.62. The van der Waals surface area contributed by atoms with E-state index in [2.05, 4.69) is 12.2 Å². The molecule has 1 aromatic carbocycles. The Kier molecular flexibility index (Phi) is 4.99. The molecule has 0 spiro atoms. The molecule has 0 heterocycles. The van der Waals surface area contributed by atoms with Gasteiger partial charge in [-0.2, -0.15) is 0 Å². The van der Waals surface area contributed by atoms with Gasteiger partial charge in [0, 0.05) is 6.04 Å². The Hall–Kier alpha value is -1.58. The van der Waals surface area contributed by atoms with Gasteiger partial charge >= 0.3 is 0 Å². The summed E-state index contributed by atoms with van der Waals surface area (Å²) in [5.74, 6) is -0.00890. The SMILES string of the molecule is C[C@@H](Oc1ccccc1F)C(=O)N[C@@H]1CCCC[C@@H]1C. The van der Waals surface area contributed by atoms with Crippen molar-refractivity contribution in [2.24, 2.45) is 5.92 Å². The first-order chi connectivity index (χ1) is 9.58. The average molecular weight is 279 g/mol. The molecule has 1 amide bonds. The number of hydrogen-bond donors (Lipinski definition) is 1. The maximum Gasteiger partial charge on any atom is 0.261 e. The Balaban J connectivity index is 1.90. The molecule has 4 heteroatoms. The number of para-hydroxylation sites is 1. The number of amides is 1. The molecule has 0 unspecified atom stereocenters. The summed E-state index contributed by atoms with van der Waals surface area (Å²) in [6, 6.07) is 6.34. The summed E-state index contributed by atoms with van der Waals surface area (Å²) in [6.45, 7) is 3.81. The maximum atomic E-state index is 13.5. The van der Waals surface area contributed by atoms with Gasteiger partial charge in [0.2, 0.25) is 0 Å². The van der Waals surface area contributed by atoms with Crippen LogP contribution in [0.25, 0.3) is 0 Å². The van der Waals surface area contributed by atoms with Crippen LogP contribution in [0.3, 0.4) is 0 Å². The Morgan fingerprint density at radius 2 is 2.05 bits per heavy atom. The van der Waals surface area contributed by atoms with Gasteiger partial charge < -0.3 is 10.1 Å². The van der Waals surface area contributed by atoms with Crippen LogP contribution in [0.5, 0.6) is 5.75 Å². The fraction of sp³-hybridized carbons (Fsp3) is 0.562. The zero-order valence-electron chi connectivity index (χ0n) is 12.1. The molecule has 0 bridgehead atoms. The molecule has 1 aliphatic rings. The highest BCUT2D eigenvalue weighted by atomic mass is 19.1. The zero-order chi connectivity index (χ0) is 14.5. The second-order valence-electron chi connectivity index (χ2n) is 5.57. The molecule has 1 fully saturated rings. The monoisotopic (exact) mass is 279 g/mol. The topological polar surface area (TPSA) is 38.3 Å². The van der Waals surface area contributed by atoms with Gasteiger partial charge in [0.05, 0.1) is 0 Å². The summed E-state index contributed by atoms with van der Waals surface area (Å²) in [6.07, 6.45) is 3.85. The largest absolute Gasteiger partial charge is 0.478 e. The Labute approximate surface area is 119 Å². The van der Waals surface area contributed by atoms with E-state index in [0.29, 0.717) is 5.92 Å². The number of nitrogens with one attached hydrogen (secondary N) is 1. The molecule has 1 aromatic rings. The number of benzene rings is 1. The lowest BCUT2D eigenvalue weighted by molar-refractivity contribution is -0.128. The van der Waals surface area contributed by atoms with Crippen molar-refractivity contribution in [3.05, 3.63) is 30.1 Å². The first kappa shape index (κ1) is 14.8. The van der Waals surface area contributed by atoms with Crippen molar-refractivity contribution in [1.82, 2.24) is 5.32 Å². The van der Waals surface area contributed by atoms with Gasteiger partial charge in [-0.3, -0.25) is 4.79 Å². The smallest absolute Gasteiger partial charge is 0.261 e. The molecule has 3 atom stereocenters. The molecule has 3 nitrogen and oxygen atoms in total. The van der Waals surface area contributed by atoms with Crippen LogP contribution in [-0.2, 0) is 4.79 Å². The van der Waals surface area contributed by atoms with Crippen LogP contribution < -0.4 is 10.1 Å². The van der Waals surface area contributed by atoms with Crippen LogP contribution in [0, 0.1) is 11.7 Å². The number of ether oxygens (including phenoxy) is 1. The minimum atomic E-state index is -0.693. The fourth-order valence-electron chi connectivity index (χ4n) is 2.62. The van der Waals surface area contributed by atoms with E-state index in [1.807, 2.05) is 0 Å². The second kappa shape index (κ2) is 6.73. The highest BCUT2D eigenvalue weighted by Gasteiger charge is 2.25. The minimum absolute atomic E-state index is 0.117. The van der Waals surface area contributed by atoms with Crippen molar-refractivity contribution < 1.29 is 13.9 Å². The highest BCUT2D eigenvalue weighted by Crippen LogP contribution is 2.24. The first-order valence-corrected chi connectivity index (χ1v) is 7.29. The van der Waals surface area contributed by atoms with Gasteiger partial charge in [-0.15, -0.1) is 0 Å².